The molecule has 3 rings (SSSR count). The lowest BCUT2D eigenvalue weighted by atomic mass is 10.1. The standard InChI is InChI=1S/C19H28N2O3/c1-14-10-21(11-15(2)24-14)18-7-5-4-6-16(18)12-20-9-8-17(13-20)19(22)23-3/h4-7,14-15,17H,8-13H2,1-3H3/t14-,15-,17-/m1/s1. The fraction of sp³-hybridized carbons (Fsp3) is 0.632. The molecule has 1 aromatic carbocycles. The van der Waals surface area contributed by atoms with Gasteiger partial charge in [0.1, 0.15) is 0 Å². The summed E-state index contributed by atoms with van der Waals surface area (Å²) < 4.78 is 10.7. The van der Waals surface area contributed by atoms with Gasteiger partial charge in [0, 0.05) is 31.9 Å². The zero-order valence-electron chi connectivity index (χ0n) is 14.9. The van der Waals surface area contributed by atoms with E-state index in [-0.39, 0.29) is 24.1 Å². The number of likely N-dealkylation sites (tertiary alicyclic amines) is 1. The average molecular weight is 332 g/mol. The molecule has 2 aliphatic heterocycles. The van der Waals surface area contributed by atoms with E-state index in [1.807, 2.05) is 0 Å². The molecule has 2 saturated heterocycles. The molecule has 0 amide bonds. The van der Waals surface area contributed by atoms with E-state index in [2.05, 4.69) is 47.9 Å². The number of carbonyl (C=O) groups is 1. The van der Waals surface area contributed by atoms with Crippen LogP contribution in [0.4, 0.5) is 5.69 Å². The van der Waals surface area contributed by atoms with Gasteiger partial charge in [0.15, 0.2) is 0 Å². The molecule has 2 heterocycles. The first-order valence-electron chi connectivity index (χ1n) is 8.85. The number of anilines is 1. The van der Waals surface area contributed by atoms with Crippen molar-refractivity contribution in [2.75, 3.05) is 38.2 Å². The maximum absolute atomic E-state index is 11.7. The minimum atomic E-state index is -0.0818. The Bertz CT molecular complexity index is 567. The van der Waals surface area contributed by atoms with E-state index in [4.69, 9.17) is 9.47 Å². The monoisotopic (exact) mass is 332 g/mol. The summed E-state index contributed by atoms with van der Waals surface area (Å²) in [6.07, 6.45) is 1.38. The van der Waals surface area contributed by atoms with E-state index in [9.17, 15) is 4.79 Å². The highest BCUT2D eigenvalue weighted by molar-refractivity contribution is 5.72. The van der Waals surface area contributed by atoms with Crippen LogP contribution in [0.25, 0.3) is 0 Å². The average Bonchev–Trinajstić information content (AvgIpc) is 3.02. The highest BCUT2D eigenvalue weighted by Gasteiger charge is 2.30. The molecule has 3 atom stereocenters. The molecule has 2 fully saturated rings. The second kappa shape index (κ2) is 7.53. The molecule has 0 spiro atoms. The minimum Gasteiger partial charge on any atom is -0.469 e. The Morgan fingerprint density at radius 2 is 1.92 bits per heavy atom. The third-order valence-corrected chi connectivity index (χ3v) is 4.95. The predicted octanol–water partition coefficient (Wildman–Crippen LogP) is 2.30. The van der Waals surface area contributed by atoms with Crippen LogP contribution in [0, 0.1) is 5.92 Å². The number of ether oxygens (including phenoxy) is 2. The van der Waals surface area contributed by atoms with Crippen LogP contribution in [0.3, 0.4) is 0 Å². The minimum absolute atomic E-state index is 0.0191. The molecule has 0 saturated carbocycles. The summed E-state index contributed by atoms with van der Waals surface area (Å²) in [5, 5.41) is 0. The molecule has 1 aromatic rings. The quantitative estimate of drug-likeness (QED) is 0.792. The number of hydrogen-bond acceptors (Lipinski definition) is 5. The van der Waals surface area contributed by atoms with E-state index >= 15 is 0 Å². The Hall–Kier alpha value is -1.59. The van der Waals surface area contributed by atoms with Crippen molar-refractivity contribution in [3.8, 4) is 0 Å². The molecular weight excluding hydrogens is 304 g/mol. The first kappa shape index (κ1) is 17.2. The van der Waals surface area contributed by atoms with Gasteiger partial charge in [0.25, 0.3) is 0 Å². The van der Waals surface area contributed by atoms with Crippen molar-refractivity contribution in [1.82, 2.24) is 4.90 Å². The summed E-state index contributed by atoms with van der Waals surface area (Å²) in [6, 6.07) is 8.60. The number of para-hydroxylation sites is 1. The van der Waals surface area contributed by atoms with E-state index in [0.717, 1.165) is 39.1 Å². The maximum atomic E-state index is 11.7. The second-order valence-corrected chi connectivity index (χ2v) is 7.03. The second-order valence-electron chi connectivity index (χ2n) is 7.03. The number of methoxy groups -OCH3 is 1. The van der Waals surface area contributed by atoms with Crippen LogP contribution in [0.5, 0.6) is 0 Å². The SMILES string of the molecule is COC(=O)[C@@H]1CCN(Cc2ccccc2N2C[C@@H](C)O[C@H](C)C2)C1. The highest BCUT2D eigenvalue weighted by atomic mass is 16.5. The van der Waals surface area contributed by atoms with Gasteiger partial charge in [0.05, 0.1) is 25.2 Å². The molecule has 5 nitrogen and oxygen atoms in total. The summed E-state index contributed by atoms with van der Waals surface area (Å²) in [6.45, 7) is 8.72. The molecule has 0 aromatic heterocycles. The Labute approximate surface area is 144 Å². The van der Waals surface area contributed by atoms with Crippen molar-refractivity contribution in [2.45, 2.75) is 39.0 Å². The molecule has 0 radical (unpaired) electrons. The van der Waals surface area contributed by atoms with Crippen molar-refractivity contribution < 1.29 is 14.3 Å². The number of esters is 1. The first-order chi connectivity index (χ1) is 11.6. The number of morpholine rings is 1. The fourth-order valence-corrected chi connectivity index (χ4v) is 3.90. The van der Waals surface area contributed by atoms with Crippen molar-refractivity contribution >= 4 is 11.7 Å². The predicted molar refractivity (Wildman–Crippen MR) is 94.1 cm³/mol. The summed E-state index contributed by atoms with van der Waals surface area (Å²) in [5.41, 5.74) is 2.62. The van der Waals surface area contributed by atoms with Gasteiger partial charge >= 0.3 is 5.97 Å². The van der Waals surface area contributed by atoms with Gasteiger partial charge in [-0.05, 0) is 38.4 Å². The van der Waals surface area contributed by atoms with E-state index in [0.29, 0.717) is 0 Å². The third kappa shape index (κ3) is 3.90. The highest BCUT2D eigenvalue weighted by Crippen LogP contribution is 2.27. The Balaban J connectivity index is 1.70. The maximum Gasteiger partial charge on any atom is 0.310 e. The molecular formula is C19H28N2O3. The van der Waals surface area contributed by atoms with Gasteiger partial charge < -0.3 is 14.4 Å². The Morgan fingerprint density at radius 1 is 1.21 bits per heavy atom. The smallest absolute Gasteiger partial charge is 0.310 e. The van der Waals surface area contributed by atoms with Crippen LogP contribution >= 0.6 is 0 Å². The van der Waals surface area contributed by atoms with E-state index < -0.39 is 0 Å². The largest absolute Gasteiger partial charge is 0.469 e. The van der Waals surface area contributed by atoms with Crippen LogP contribution < -0.4 is 4.90 Å². The van der Waals surface area contributed by atoms with Crippen LogP contribution in [0.15, 0.2) is 24.3 Å². The third-order valence-electron chi connectivity index (χ3n) is 4.95. The van der Waals surface area contributed by atoms with Gasteiger partial charge in [-0.1, -0.05) is 18.2 Å². The molecule has 0 unspecified atom stereocenters. The lowest BCUT2D eigenvalue weighted by Crippen LogP contribution is -2.46. The van der Waals surface area contributed by atoms with Gasteiger partial charge in [0.2, 0.25) is 0 Å². The number of rotatable bonds is 4. The molecule has 5 heteroatoms. The van der Waals surface area contributed by atoms with Gasteiger partial charge in [-0.25, -0.2) is 0 Å². The first-order valence-corrected chi connectivity index (χ1v) is 8.85. The number of hydrogen-bond donors (Lipinski definition) is 0. The molecule has 2 aliphatic rings. The van der Waals surface area contributed by atoms with Crippen molar-refractivity contribution in [3.05, 3.63) is 29.8 Å². The number of benzene rings is 1. The summed E-state index contributed by atoms with van der Waals surface area (Å²) >= 11 is 0. The topological polar surface area (TPSA) is 42.0 Å². The molecule has 0 bridgehead atoms. The van der Waals surface area contributed by atoms with E-state index in [1.54, 1.807) is 0 Å². The van der Waals surface area contributed by atoms with E-state index in [1.165, 1.54) is 18.4 Å². The number of nitrogens with zero attached hydrogens (tertiary/aromatic N) is 2. The summed E-state index contributed by atoms with van der Waals surface area (Å²) in [7, 11) is 1.47. The van der Waals surface area contributed by atoms with Crippen molar-refractivity contribution in [2.24, 2.45) is 5.92 Å². The lowest BCUT2D eigenvalue weighted by molar-refractivity contribution is -0.144. The zero-order chi connectivity index (χ0) is 17.1. The zero-order valence-corrected chi connectivity index (χ0v) is 14.9. The number of carbonyl (C=O) groups excluding carboxylic acids is 1. The van der Waals surface area contributed by atoms with Crippen LogP contribution in [0.1, 0.15) is 25.8 Å². The molecule has 24 heavy (non-hydrogen) atoms. The summed E-state index contributed by atoms with van der Waals surface area (Å²) in [4.78, 5) is 16.5. The summed E-state index contributed by atoms with van der Waals surface area (Å²) in [5.74, 6) is -0.0628. The van der Waals surface area contributed by atoms with Gasteiger partial charge in [-0.3, -0.25) is 9.69 Å². The Kier molecular flexibility index (Phi) is 5.41. The van der Waals surface area contributed by atoms with Gasteiger partial charge in [-0.15, -0.1) is 0 Å². The van der Waals surface area contributed by atoms with Crippen LogP contribution in [-0.2, 0) is 20.8 Å². The fourth-order valence-electron chi connectivity index (χ4n) is 3.90. The molecule has 132 valence electrons. The molecule has 0 N–H and O–H groups in total. The van der Waals surface area contributed by atoms with Crippen LogP contribution in [-0.4, -0.2) is 56.4 Å². The molecule has 0 aliphatic carbocycles. The van der Waals surface area contributed by atoms with Gasteiger partial charge in [-0.2, -0.15) is 0 Å². The van der Waals surface area contributed by atoms with Crippen LogP contribution in [0.2, 0.25) is 0 Å². The van der Waals surface area contributed by atoms with Crippen molar-refractivity contribution in [1.29, 1.82) is 0 Å². The Morgan fingerprint density at radius 3 is 2.62 bits per heavy atom. The normalized spacial score (nSPS) is 28.1. The van der Waals surface area contributed by atoms with Crippen molar-refractivity contribution in [3.63, 3.8) is 0 Å². The lowest BCUT2D eigenvalue weighted by Gasteiger charge is -2.38.